The lowest BCUT2D eigenvalue weighted by atomic mass is 10.1. The highest BCUT2D eigenvalue weighted by Gasteiger charge is 2.19. The number of ether oxygens (including phenoxy) is 2. The van der Waals surface area contributed by atoms with E-state index in [1.807, 2.05) is 12.1 Å². The van der Waals surface area contributed by atoms with E-state index in [1.165, 1.54) is 30.6 Å². The quantitative estimate of drug-likeness (QED) is 0.618. The molecule has 0 unspecified atom stereocenters. The number of aliphatic hydroxyl groups is 1. The summed E-state index contributed by atoms with van der Waals surface area (Å²) in [7, 11) is 1.44. The van der Waals surface area contributed by atoms with E-state index in [0.29, 0.717) is 5.75 Å². The number of nitro groups is 1. The second-order valence-corrected chi connectivity index (χ2v) is 6.59. The number of methoxy groups -OCH3 is 1. The number of hydrogen-bond acceptors (Lipinski definition) is 6. The summed E-state index contributed by atoms with van der Waals surface area (Å²) in [6, 6.07) is 6.49. The first-order valence-corrected chi connectivity index (χ1v) is 7.49. The molecule has 1 aromatic heterocycles. The predicted octanol–water partition coefficient (Wildman–Crippen LogP) is 3.50. The molecule has 2 aromatic rings. The van der Waals surface area contributed by atoms with Gasteiger partial charge >= 0.3 is 0 Å². The molecule has 0 aliphatic heterocycles. The summed E-state index contributed by atoms with van der Waals surface area (Å²) in [6.45, 7) is -0.160. The number of benzene rings is 1. The minimum Gasteiger partial charge on any atom is -0.493 e. The van der Waals surface area contributed by atoms with E-state index in [9.17, 15) is 15.2 Å². The van der Waals surface area contributed by atoms with E-state index in [0.717, 1.165) is 8.66 Å². The monoisotopic (exact) mass is 373 g/mol. The second kappa shape index (κ2) is 6.88. The van der Waals surface area contributed by atoms with Gasteiger partial charge in [-0.1, -0.05) is 0 Å². The number of hydrogen-bond donors (Lipinski definition) is 1. The van der Waals surface area contributed by atoms with Crippen LogP contribution in [0.4, 0.5) is 5.69 Å². The maximum Gasteiger partial charge on any atom is 0.278 e. The minimum absolute atomic E-state index is 0.183. The van der Waals surface area contributed by atoms with Crippen molar-refractivity contribution in [1.29, 1.82) is 0 Å². The van der Waals surface area contributed by atoms with E-state index in [2.05, 4.69) is 15.9 Å². The SMILES string of the molecule is COc1cc(CO)c([N+](=O)[O-])cc1OCc1ccc(Br)s1. The van der Waals surface area contributed by atoms with Crippen LogP contribution in [0.1, 0.15) is 10.4 Å². The van der Waals surface area contributed by atoms with Gasteiger partial charge in [0.1, 0.15) is 6.61 Å². The Kier molecular flexibility index (Phi) is 5.16. The Labute approximate surface area is 133 Å². The average molecular weight is 374 g/mol. The summed E-state index contributed by atoms with van der Waals surface area (Å²) in [5.41, 5.74) is -0.0104. The van der Waals surface area contributed by atoms with Crippen molar-refractivity contribution >= 4 is 33.0 Å². The van der Waals surface area contributed by atoms with Crippen LogP contribution in [0.3, 0.4) is 0 Å². The standard InChI is InChI=1S/C13H12BrNO5S/c1-19-11-4-8(6-16)10(15(17)18)5-12(11)20-7-9-2-3-13(14)21-9/h2-5,16H,6-7H2,1H3. The number of nitro benzene ring substituents is 1. The molecule has 0 aliphatic carbocycles. The Balaban J connectivity index is 2.28. The Morgan fingerprint density at radius 3 is 2.67 bits per heavy atom. The number of halogens is 1. The maximum absolute atomic E-state index is 11.0. The molecule has 0 radical (unpaired) electrons. The zero-order chi connectivity index (χ0) is 15.4. The Bertz CT molecular complexity index is 658. The summed E-state index contributed by atoms with van der Waals surface area (Å²) in [5, 5.41) is 20.2. The van der Waals surface area contributed by atoms with Crippen LogP contribution in [0.25, 0.3) is 0 Å². The zero-order valence-corrected chi connectivity index (χ0v) is 13.4. The first kappa shape index (κ1) is 15.7. The van der Waals surface area contributed by atoms with Crippen molar-refractivity contribution in [3.8, 4) is 11.5 Å². The van der Waals surface area contributed by atoms with E-state index in [1.54, 1.807) is 0 Å². The van der Waals surface area contributed by atoms with Gasteiger partial charge in [0.25, 0.3) is 5.69 Å². The number of thiophene rings is 1. The van der Waals surface area contributed by atoms with E-state index < -0.39 is 11.5 Å². The van der Waals surface area contributed by atoms with Crippen LogP contribution < -0.4 is 9.47 Å². The van der Waals surface area contributed by atoms with Gasteiger partial charge in [0.2, 0.25) is 0 Å². The molecule has 0 atom stereocenters. The number of nitrogens with zero attached hydrogens (tertiary/aromatic N) is 1. The molecule has 0 saturated heterocycles. The van der Waals surface area contributed by atoms with E-state index in [4.69, 9.17) is 9.47 Å². The Hall–Kier alpha value is -1.64. The van der Waals surface area contributed by atoms with Crippen LogP contribution in [-0.2, 0) is 13.2 Å². The van der Waals surface area contributed by atoms with Crippen molar-refractivity contribution in [2.75, 3.05) is 7.11 Å². The molecule has 0 bridgehead atoms. The second-order valence-electron chi connectivity index (χ2n) is 4.04. The van der Waals surface area contributed by atoms with Crippen LogP contribution in [0.15, 0.2) is 28.1 Å². The topological polar surface area (TPSA) is 81.8 Å². The molecule has 0 amide bonds. The summed E-state index contributed by atoms with van der Waals surface area (Å²) in [5.74, 6) is 0.617. The normalized spacial score (nSPS) is 10.4. The van der Waals surface area contributed by atoms with Gasteiger partial charge in [-0.05, 0) is 34.1 Å². The highest BCUT2D eigenvalue weighted by molar-refractivity contribution is 9.11. The maximum atomic E-state index is 11.0. The summed E-state index contributed by atoms with van der Waals surface area (Å²) in [4.78, 5) is 11.4. The van der Waals surface area contributed by atoms with Gasteiger partial charge in [-0.15, -0.1) is 11.3 Å². The first-order valence-electron chi connectivity index (χ1n) is 5.88. The molecule has 0 fully saturated rings. The molecule has 112 valence electrons. The highest BCUT2D eigenvalue weighted by Crippen LogP contribution is 2.35. The van der Waals surface area contributed by atoms with E-state index in [-0.39, 0.29) is 23.6 Å². The van der Waals surface area contributed by atoms with Crippen molar-refractivity contribution in [3.63, 3.8) is 0 Å². The molecule has 6 nitrogen and oxygen atoms in total. The lowest BCUT2D eigenvalue weighted by molar-refractivity contribution is -0.386. The summed E-state index contributed by atoms with van der Waals surface area (Å²) >= 11 is 4.87. The molecule has 0 saturated carbocycles. The molecule has 2 rings (SSSR count). The van der Waals surface area contributed by atoms with Gasteiger partial charge in [-0.2, -0.15) is 0 Å². The van der Waals surface area contributed by atoms with Crippen LogP contribution in [0, 0.1) is 10.1 Å². The largest absolute Gasteiger partial charge is 0.493 e. The van der Waals surface area contributed by atoms with Crippen molar-refractivity contribution in [1.82, 2.24) is 0 Å². The number of rotatable bonds is 6. The molecule has 1 aromatic carbocycles. The molecule has 21 heavy (non-hydrogen) atoms. The fourth-order valence-electron chi connectivity index (χ4n) is 1.74. The zero-order valence-electron chi connectivity index (χ0n) is 11.0. The van der Waals surface area contributed by atoms with Gasteiger partial charge in [0, 0.05) is 4.88 Å². The smallest absolute Gasteiger partial charge is 0.278 e. The molecule has 0 aliphatic rings. The van der Waals surface area contributed by atoms with Gasteiger partial charge < -0.3 is 14.6 Å². The lowest BCUT2D eigenvalue weighted by Gasteiger charge is -2.11. The van der Waals surface area contributed by atoms with Gasteiger partial charge in [-0.25, -0.2) is 0 Å². The summed E-state index contributed by atoms with van der Waals surface area (Å²) in [6.07, 6.45) is 0. The summed E-state index contributed by atoms with van der Waals surface area (Å²) < 4.78 is 11.7. The third-order valence-corrected chi connectivity index (χ3v) is 4.33. The Morgan fingerprint density at radius 2 is 2.14 bits per heavy atom. The highest BCUT2D eigenvalue weighted by atomic mass is 79.9. The van der Waals surface area contributed by atoms with Crippen LogP contribution in [0.2, 0.25) is 0 Å². The fraction of sp³-hybridized carbons (Fsp3) is 0.231. The van der Waals surface area contributed by atoms with Gasteiger partial charge in [-0.3, -0.25) is 10.1 Å². The van der Waals surface area contributed by atoms with Gasteiger partial charge in [0.15, 0.2) is 11.5 Å². The van der Waals surface area contributed by atoms with Crippen molar-refractivity contribution in [2.24, 2.45) is 0 Å². The molecule has 1 N–H and O–H groups in total. The fourth-order valence-corrected chi connectivity index (χ4v) is 3.13. The molecular weight excluding hydrogens is 362 g/mol. The van der Waals surface area contributed by atoms with Crippen molar-refractivity contribution < 1.29 is 19.5 Å². The molecular formula is C13H12BrNO5S. The molecule has 1 heterocycles. The third kappa shape index (κ3) is 3.72. The van der Waals surface area contributed by atoms with Gasteiger partial charge in [0.05, 0.1) is 34.1 Å². The van der Waals surface area contributed by atoms with E-state index >= 15 is 0 Å². The molecule has 8 heteroatoms. The van der Waals surface area contributed by atoms with Crippen LogP contribution >= 0.6 is 27.3 Å². The van der Waals surface area contributed by atoms with Crippen molar-refractivity contribution in [3.05, 3.63) is 48.6 Å². The van der Waals surface area contributed by atoms with Crippen LogP contribution in [-0.4, -0.2) is 17.1 Å². The minimum atomic E-state index is -0.556. The molecule has 0 spiro atoms. The average Bonchev–Trinajstić information content (AvgIpc) is 2.89. The predicted molar refractivity (Wildman–Crippen MR) is 81.9 cm³/mol. The first-order chi connectivity index (χ1) is 10.0. The lowest BCUT2D eigenvalue weighted by Crippen LogP contribution is -2.01. The Morgan fingerprint density at radius 1 is 1.38 bits per heavy atom. The van der Waals surface area contributed by atoms with Crippen molar-refractivity contribution in [2.45, 2.75) is 13.2 Å². The van der Waals surface area contributed by atoms with Crippen LogP contribution in [0.5, 0.6) is 11.5 Å². The number of aliphatic hydroxyl groups excluding tert-OH is 1. The third-order valence-electron chi connectivity index (χ3n) is 2.73.